The molecule has 2 amide bonds. The maximum absolute atomic E-state index is 12.2. The molecule has 3 heterocycles. The van der Waals surface area contributed by atoms with Gasteiger partial charge in [-0.05, 0) is 36.4 Å². The van der Waals surface area contributed by atoms with Gasteiger partial charge < -0.3 is 15.7 Å². The van der Waals surface area contributed by atoms with Crippen LogP contribution in [0.5, 0.6) is 0 Å². The monoisotopic (exact) mass is 363 g/mol. The number of nitrogens with zero attached hydrogens (tertiary/aromatic N) is 3. The van der Waals surface area contributed by atoms with Crippen molar-refractivity contribution >= 4 is 29.4 Å². The van der Waals surface area contributed by atoms with E-state index in [1.807, 2.05) is 0 Å². The van der Waals surface area contributed by atoms with Gasteiger partial charge in [-0.2, -0.15) is 0 Å². The van der Waals surface area contributed by atoms with Crippen LogP contribution in [0.2, 0.25) is 0 Å². The van der Waals surface area contributed by atoms with Crippen molar-refractivity contribution in [2.24, 2.45) is 0 Å². The first-order valence-corrected chi connectivity index (χ1v) is 7.73. The van der Waals surface area contributed by atoms with Gasteiger partial charge in [-0.15, -0.1) is 0 Å². The van der Waals surface area contributed by atoms with E-state index in [1.165, 1.54) is 36.7 Å². The Hall–Kier alpha value is -4.14. The van der Waals surface area contributed by atoms with Crippen LogP contribution in [0.4, 0.5) is 11.6 Å². The van der Waals surface area contributed by atoms with Crippen LogP contribution in [0.1, 0.15) is 31.3 Å². The van der Waals surface area contributed by atoms with Gasteiger partial charge in [0.25, 0.3) is 11.8 Å². The molecule has 3 aromatic heterocycles. The number of carbonyl (C=O) groups is 3. The van der Waals surface area contributed by atoms with Gasteiger partial charge in [-0.25, -0.2) is 9.78 Å². The molecule has 0 aliphatic heterocycles. The van der Waals surface area contributed by atoms with Gasteiger partial charge in [-0.3, -0.25) is 19.6 Å². The number of hydrogen-bond acceptors (Lipinski definition) is 6. The molecule has 3 rings (SSSR count). The minimum atomic E-state index is -1.24. The molecular formula is C18H13N5O4. The predicted octanol–water partition coefficient (Wildman–Crippen LogP) is 2.07. The fourth-order valence-corrected chi connectivity index (χ4v) is 2.14. The summed E-state index contributed by atoms with van der Waals surface area (Å²) < 4.78 is 0. The molecule has 0 spiro atoms. The molecule has 134 valence electrons. The van der Waals surface area contributed by atoms with E-state index in [0.29, 0.717) is 0 Å². The first-order chi connectivity index (χ1) is 13.0. The van der Waals surface area contributed by atoms with Crippen molar-refractivity contribution < 1.29 is 19.5 Å². The summed E-state index contributed by atoms with van der Waals surface area (Å²) in [6.45, 7) is 0. The molecule has 9 nitrogen and oxygen atoms in total. The first-order valence-electron chi connectivity index (χ1n) is 7.73. The molecule has 3 N–H and O–H groups in total. The highest BCUT2D eigenvalue weighted by atomic mass is 16.4. The van der Waals surface area contributed by atoms with E-state index in [9.17, 15) is 19.5 Å². The van der Waals surface area contributed by atoms with E-state index in [0.717, 1.165) is 0 Å². The molecule has 0 radical (unpaired) electrons. The van der Waals surface area contributed by atoms with Gasteiger partial charge in [0, 0.05) is 12.4 Å². The van der Waals surface area contributed by atoms with Crippen molar-refractivity contribution in [1.82, 2.24) is 15.0 Å². The summed E-state index contributed by atoms with van der Waals surface area (Å²) in [6.07, 6.45) is 2.91. The second-order valence-corrected chi connectivity index (χ2v) is 5.27. The van der Waals surface area contributed by atoms with E-state index in [2.05, 4.69) is 25.6 Å². The predicted molar refractivity (Wildman–Crippen MR) is 95.6 cm³/mol. The van der Waals surface area contributed by atoms with Crippen molar-refractivity contribution in [3.8, 4) is 0 Å². The van der Waals surface area contributed by atoms with Gasteiger partial charge >= 0.3 is 5.97 Å². The van der Waals surface area contributed by atoms with Crippen LogP contribution in [0.25, 0.3) is 0 Å². The van der Waals surface area contributed by atoms with Crippen LogP contribution >= 0.6 is 0 Å². The fraction of sp³-hybridized carbons (Fsp3) is 0. The van der Waals surface area contributed by atoms with Gasteiger partial charge in [0.05, 0.1) is 5.56 Å². The topological polar surface area (TPSA) is 134 Å². The summed E-state index contributed by atoms with van der Waals surface area (Å²) in [5.41, 5.74) is 0.121. The summed E-state index contributed by atoms with van der Waals surface area (Å²) in [4.78, 5) is 47.6. The van der Waals surface area contributed by atoms with Crippen molar-refractivity contribution in [1.29, 1.82) is 0 Å². The number of nitrogens with one attached hydrogen (secondary N) is 2. The lowest BCUT2D eigenvalue weighted by molar-refractivity contribution is 0.0696. The van der Waals surface area contributed by atoms with Crippen molar-refractivity contribution in [2.45, 2.75) is 0 Å². The van der Waals surface area contributed by atoms with E-state index < -0.39 is 17.8 Å². The normalized spacial score (nSPS) is 10.1. The second kappa shape index (κ2) is 7.83. The summed E-state index contributed by atoms with van der Waals surface area (Å²) in [7, 11) is 0. The number of hydrogen-bond donors (Lipinski definition) is 3. The quantitative estimate of drug-likeness (QED) is 0.631. The van der Waals surface area contributed by atoms with Crippen LogP contribution in [-0.4, -0.2) is 37.8 Å². The molecule has 0 saturated carbocycles. The lowest BCUT2D eigenvalue weighted by atomic mass is 10.2. The number of carboxylic acids is 1. The zero-order valence-corrected chi connectivity index (χ0v) is 13.8. The highest BCUT2D eigenvalue weighted by Crippen LogP contribution is 2.16. The van der Waals surface area contributed by atoms with Crippen molar-refractivity contribution in [3.05, 3.63) is 77.9 Å². The van der Waals surface area contributed by atoms with E-state index >= 15 is 0 Å². The lowest BCUT2D eigenvalue weighted by Crippen LogP contribution is -2.18. The van der Waals surface area contributed by atoms with Crippen molar-refractivity contribution in [2.75, 3.05) is 10.6 Å². The smallest absolute Gasteiger partial charge is 0.335 e. The molecule has 0 aliphatic rings. The summed E-state index contributed by atoms with van der Waals surface area (Å²) >= 11 is 0. The SMILES string of the molecule is O=C(O)c1cc(NC(=O)c2ccccn2)nc(NC(=O)c2ccccn2)c1. The van der Waals surface area contributed by atoms with Crippen LogP contribution < -0.4 is 10.6 Å². The maximum atomic E-state index is 12.2. The number of pyridine rings is 3. The van der Waals surface area contributed by atoms with Crippen LogP contribution in [0.3, 0.4) is 0 Å². The molecule has 0 bridgehead atoms. The molecule has 0 aliphatic carbocycles. The number of aromatic nitrogens is 3. The Morgan fingerprint density at radius 1 is 0.778 bits per heavy atom. The second-order valence-electron chi connectivity index (χ2n) is 5.27. The van der Waals surface area contributed by atoms with Gasteiger partial charge in [0.1, 0.15) is 23.0 Å². The summed E-state index contributed by atoms with van der Waals surface area (Å²) in [6, 6.07) is 12.0. The summed E-state index contributed by atoms with van der Waals surface area (Å²) in [5.74, 6) is -2.44. The molecule has 0 saturated heterocycles. The fourth-order valence-electron chi connectivity index (χ4n) is 2.14. The average Bonchev–Trinajstić information content (AvgIpc) is 2.69. The van der Waals surface area contributed by atoms with Crippen LogP contribution in [0.15, 0.2) is 60.9 Å². The Morgan fingerprint density at radius 2 is 1.26 bits per heavy atom. The number of carbonyl (C=O) groups excluding carboxylic acids is 2. The molecule has 0 aromatic carbocycles. The third-order valence-electron chi connectivity index (χ3n) is 3.35. The minimum absolute atomic E-state index is 0.0399. The number of anilines is 2. The Morgan fingerprint density at radius 3 is 1.63 bits per heavy atom. The highest BCUT2D eigenvalue weighted by Gasteiger charge is 2.15. The van der Waals surface area contributed by atoms with E-state index in [4.69, 9.17) is 0 Å². The number of aromatic carboxylic acids is 1. The highest BCUT2D eigenvalue weighted by molar-refractivity contribution is 6.05. The number of carboxylic acid groups (broad SMARTS) is 1. The average molecular weight is 363 g/mol. The zero-order chi connectivity index (χ0) is 19.2. The Kier molecular flexibility index (Phi) is 5.12. The van der Waals surface area contributed by atoms with Gasteiger partial charge in [0.2, 0.25) is 0 Å². The Bertz CT molecular complexity index is 921. The van der Waals surface area contributed by atoms with Gasteiger partial charge in [-0.1, -0.05) is 12.1 Å². The third kappa shape index (κ3) is 4.48. The van der Waals surface area contributed by atoms with E-state index in [1.54, 1.807) is 24.3 Å². The van der Waals surface area contributed by atoms with E-state index in [-0.39, 0.29) is 28.6 Å². The number of rotatable bonds is 5. The lowest BCUT2D eigenvalue weighted by Gasteiger charge is -2.09. The van der Waals surface area contributed by atoms with Crippen LogP contribution in [-0.2, 0) is 0 Å². The minimum Gasteiger partial charge on any atom is -0.478 e. The summed E-state index contributed by atoms with van der Waals surface area (Å²) in [5, 5.41) is 14.2. The molecule has 0 unspecified atom stereocenters. The third-order valence-corrected chi connectivity index (χ3v) is 3.35. The molecule has 3 aromatic rings. The molecule has 9 heteroatoms. The Labute approximate surface area is 153 Å². The molecular weight excluding hydrogens is 350 g/mol. The molecule has 0 atom stereocenters. The van der Waals surface area contributed by atoms with Gasteiger partial charge in [0.15, 0.2) is 0 Å². The molecule has 27 heavy (non-hydrogen) atoms. The van der Waals surface area contributed by atoms with Crippen LogP contribution in [0, 0.1) is 0 Å². The van der Waals surface area contributed by atoms with Crippen molar-refractivity contribution in [3.63, 3.8) is 0 Å². The first kappa shape index (κ1) is 17.7. The maximum Gasteiger partial charge on any atom is 0.335 e. The molecule has 0 fully saturated rings. The standard InChI is InChI=1S/C18H13N5O4/c24-16(12-5-1-3-7-19-12)22-14-9-11(18(26)27)10-15(21-14)23-17(25)13-6-2-4-8-20-13/h1-10H,(H,26,27)(H2,21,22,23,24,25). The largest absolute Gasteiger partial charge is 0.478 e. The zero-order valence-electron chi connectivity index (χ0n) is 13.8. The number of amides is 2. The Balaban J connectivity index is 1.85.